The Labute approximate surface area is 156 Å². The molecule has 2 aromatic carbocycles. The average molecular weight is 362 g/mol. The van der Waals surface area contributed by atoms with Crippen LogP contribution in [0.4, 0.5) is 15.8 Å². The van der Waals surface area contributed by atoms with E-state index in [-0.39, 0.29) is 17.1 Å². The van der Waals surface area contributed by atoms with Crippen LogP contribution in [-0.4, -0.2) is 17.6 Å². The molecule has 0 amide bonds. The van der Waals surface area contributed by atoms with Crippen LogP contribution in [0.5, 0.6) is 0 Å². The molecule has 2 unspecified atom stereocenters. The van der Waals surface area contributed by atoms with Crippen molar-refractivity contribution in [2.75, 3.05) is 10.6 Å². The minimum atomic E-state index is -0.900. The number of carbonyl (C=O) groups excluding carboxylic acids is 2. The van der Waals surface area contributed by atoms with Gasteiger partial charge in [-0.3, -0.25) is 9.59 Å². The minimum absolute atomic E-state index is 0.169. The molecule has 1 aliphatic carbocycles. The number of rotatable bonds is 3. The number of carbonyl (C=O) groups is 2. The standard InChI is InChI=1S/C22H19FN2O2/c1-11(2)24-18-6-4-5-13-7-8-17(25-20(13)18)19-21(26)14-9-12(3)16(23)10-15(14)22(19)27/h4-10,17,19,24-25H,1H2,2-3H3. The number of hydrogen-bond acceptors (Lipinski definition) is 4. The summed E-state index contributed by atoms with van der Waals surface area (Å²) >= 11 is 0. The molecule has 2 aromatic rings. The molecule has 4 nitrogen and oxygen atoms in total. The molecule has 4 rings (SSSR count). The fraction of sp³-hybridized carbons (Fsp3) is 0.182. The molecule has 0 saturated carbocycles. The SMILES string of the molecule is C=C(C)Nc1cccc2c1NC(C1C(=O)c3cc(C)c(F)cc3C1=O)C=C2. The van der Waals surface area contributed by atoms with Crippen molar-refractivity contribution in [3.63, 3.8) is 0 Å². The van der Waals surface area contributed by atoms with Crippen LogP contribution in [0.1, 0.15) is 38.8 Å². The molecule has 27 heavy (non-hydrogen) atoms. The smallest absolute Gasteiger partial charge is 0.176 e. The Bertz CT molecular complexity index is 998. The molecule has 5 heteroatoms. The molecule has 2 aliphatic rings. The quantitative estimate of drug-likeness (QED) is 0.785. The van der Waals surface area contributed by atoms with Crippen molar-refractivity contribution in [3.05, 3.63) is 76.8 Å². The number of allylic oxidation sites excluding steroid dienone is 1. The molecule has 0 radical (unpaired) electrons. The van der Waals surface area contributed by atoms with Gasteiger partial charge in [-0.05, 0) is 43.2 Å². The minimum Gasteiger partial charge on any atom is -0.375 e. The van der Waals surface area contributed by atoms with Gasteiger partial charge in [0.25, 0.3) is 0 Å². The molecule has 1 heterocycles. The molecule has 0 bridgehead atoms. The highest BCUT2D eigenvalue weighted by Gasteiger charge is 2.44. The van der Waals surface area contributed by atoms with Gasteiger partial charge in [-0.1, -0.05) is 30.9 Å². The molecule has 0 spiro atoms. The third kappa shape index (κ3) is 2.76. The number of nitrogens with one attached hydrogen (secondary N) is 2. The predicted molar refractivity (Wildman–Crippen MR) is 105 cm³/mol. The maximum atomic E-state index is 13.9. The molecule has 2 N–H and O–H groups in total. The van der Waals surface area contributed by atoms with E-state index < -0.39 is 17.8 Å². The van der Waals surface area contributed by atoms with Crippen LogP contribution in [0.15, 0.2) is 48.7 Å². The van der Waals surface area contributed by atoms with Gasteiger partial charge < -0.3 is 10.6 Å². The van der Waals surface area contributed by atoms with Crippen molar-refractivity contribution in [2.24, 2.45) is 5.92 Å². The highest BCUT2D eigenvalue weighted by atomic mass is 19.1. The molecular formula is C22H19FN2O2. The van der Waals surface area contributed by atoms with E-state index in [0.29, 0.717) is 11.1 Å². The highest BCUT2D eigenvalue weighted by Crippen LogP contribution is 2.37. The summed E-state index contributed by atoms with van der Waals surface area (Å²) in [5, 5.41) is 6.50. The predicted octanol–water partition coefficient (Wildman–Crippen LogP) is 4.58. The van der Waals surface area contributed by atoms with Crippen molar-refractivity contribution in [3.8, 4) is 0 Å². The maximum absolute atomic E-state index is 13.9. The first-order valence-electron chi connectivity index (χ1n) is 8.75. The fourth-order valence-corrected chi connectivity index (χ4v) is 3.69. The monoisotopic (exact) mass is 362 g/mol. The summed E-state index contributed by atoms with van der Waals surface area (Å²) in [4.78, 5) is 25.8. The number of halogens is 1. The second-order valence-electron chi connectivity index (χ2n) is 7.06. The number of benzene rings is 2. The van der Waals surface area contributed by atoms with Gasteiger partial charge in [-0.2, -0.15) is 0 Å². The topological polar surface area (TPSA) is 58.2 Å². The molecule has 0 saturated heterocycles. The van der Waals surface area contributed by atoms with E-state index in [1.165, 1.54) is 12.1 Å². The Morgan fingerprint density at radius 2 is 1.89 bits per heavy atom. The van der Waals surface area contributed by atoms with Gasteiger partial charge in [0.2, 0.25) is 0 Å². The lowest BCUT2D eigenvalue weighted by atomic mass is 9.90. The Morgan fingerprint density at radius 3 is 2.59 bits per heavy atom. The van der Waals surface area contributed by atoms with E-state index in [2.05, 4.69) is 17.2 Å². The lowest BCUT2D eigenvalue weighted by Crippen LogP contribution is -2.36. The lowest BCUT2D eigenvalue weighted by Gasteiger charge is -2.27. The fourth-order valence-electron chi connectivity index (χ4n) is 3.69. The summed E-state index contributed by atoms with van der Waals surface area (Å²) in [5.41, 5.74) is 4.21. The van der Waals surface area contributed by atoms with Crippen LogP contribution in [0, 0.1) is 18.7 Å². The van der Waals surface area contributed by atoms with Crippen LogP contribution in [-0.2, 0) is 0 Å². The van der Waals surface area contributed by atoms with E-state index in [0.717, 1.165) is 22.6 Å². The van der Waals surface area contributed by atoms with Gasteiger partial charge in [0.1, 0.15) is 11.7 Å². The maximum Gasteiger partial charge on any atom is 0.176 e. The number of fused-ring (bicyclic) bond motifs is 2. The summed E-state index contributed by atoms with van der Waals surface area (Å²) in [6, 6.07) is 7.93. The summed E-state index contributed by atoms with van der Waals surface area (Å²) in [6.45, 7) is 7.31. The lowest BCUT2D eigenvalue weighted by molar-refractivity contribution is 0.0833. The Morgan fingerprint density at radius 1 is 1.19 bits per heavy atom. The molecular weight excluding hydrogens is 343 g/mol. The van der Waals surface area contributed by atoms with Crippen LogP contribution in [0.3, 0.4) is 0 Å². The van der Waals surface area contributed by atoms with Gasteiger partial charge in [-0.15, -0.1) is 0 Å². The summed E-state index contributed by atoms with van der Waals surface area (Å²) in [5.74, 6) is -1.98. The normalized spacial score (nSPS) is 20.1. The zero-order valence-corrected chi connectivity index (χ0v) is 15.1. The van der Waals surface area contributed by atoms with E-state index in [9.17, 15) is 14.0 Å². The van der Waals surface area contributed by atoms with Crippen molar-refractivity contribution in [1.29, 1.82) is 0 Å². The number of ketones is 2. The number of Topliss-reactive ketones (excluding diaryl/α,β-unsaturated/α-hetero) is 2. The molecule has 0 fully saturated rings. The number of anilines is 2. The second-order valence-corrected chi connectivity index (χ2v) is 7.06. The van der Waals surface area contributed by atoms with Crippen LogP contribution in [0.2, 0.25) is 0 Å². The van der Waals surface area contributed by atoms with E-state index in [4.69, 9.17) is 0 Å². The number of hydrogen-bond donors (Lipinski definition) is 2. The van der Waals surface area contributed by atoms with Gasteiger partial charge in [-0.25, -0.2) is 4.39 Å². The molecule has 2 atom stereocenters. The van der Waals surface area contributed by atoms with Gasteiger partial charge in [0, 0.05) is 16.8 Å². The molecule has 136 valence electrons. The summed E-state index contributed by atoms with van der Waals surface area (Å²) in [7, 11) is 0. The van der Waals surface area contributed by atoms with Crippen LogP contribution < -0.4 is 10.6 Å². The Balaban J connectivity index is 1.70. The second kappa shape index (κ2) is 6.20. The molecule has 0 aromatic heterocycles. The number of para-hydroxylation sites is 1. The van der Waals surface area contributed by atoms with Crippen molar-refractivity contribution in [1.82, 2.24) is 0 Å². The first-order chi connectivity index (χ1) is 12.9. The van der Waals surface area contributed by atoms with Gasteiger partial charge >= 0.3 is 0 Å². The van der Waals surface area contributed by atoms with E-state index >= 15 is 0 Å². The van der Waals surface area contributed by atoms with Crippen LogP contribution in [0.25, 0.3) is 6.08 Å². The zero-order chi connectivity index (χ0) is 19.3. The van der Waals surface area contributed by atoms with Crippen molar-refractivity contribution >= 4 is 29.0 Å². The Hall–Kier alpha value is -3.21. The first-order valence-corrected chi connectivity index (χ1v) is 8.75. The third-order valence-electron chi connectivity index (χ3n) is 4.99. The van der Waals surface area contributed by atoms with E-state index in [1.54, 1.807) is 6.92 Å². The average Bonchev–Trinajstić information content (AvgIpc) is 2.86. The zero-order valence-electron chi connectivity index (χ0n) is 15.1. The molecule has 1 aliphatic heterocycles. The Kier molecular flexibility index (Phi) is 3.95. The van der Waals surface area contributed by atoms with Crippen LogP contribution >= 0.6 is 0 Å². The largest absolute Gasteiger partial charge is 0.375 e. The summed E-state index contributed by atoms with van der Waals surface area (Å²) in [6.07, 6.45) is 3.72. The highest BCUT2D eigenvalue weighted by molar-refractivity contribution is 6.27. The van der Waals surface area contributed by atoms with Gasteiger partial charge in [0.15, 0.2) is 11.6 Å². The van der Waals surface area contributed by atoms with Crippen molar-refractivity contribution < 1.29 is 14.0 Å². The summed E-state index contributed by atoms with van der Waals surface area (Å²) < 4.78 is 13.9. The van der Waals surface area contributed by atoms with E-state index in [1.807, 2.05) is 37.3 Å². The first kappa shape index (κ1) is 17.2. The number of aryl methyl sites for hydroxylation is 1. The van der Waals surface area contributed by atoms with Crippen molar-refractivity contribution in [2.45, 2.75) is 19.9 Å². The van der Waals surface area contributed by atoms with Gasteiger partial charge in [0.05, 0.1) is 17.4 Å². The third-order valence-corrected chi connectivity index (χ3v) is 4.99.